The van der Waals surface area contributed by atoms with Gasteiger partial charge in [0.1, 0.15) is 5.82 Å². The van der Waals surface area contributed by atoms with Gasteiger partial charge in [-0.3, -0.25) is 9.59 Å². The number of fused-ring (bicyclic) bond motifs is 1. The highest BCUT2D eigenvalue weighted by molar-refractivity contribution is 5.85. The number of halogens is 3. The molecule has 0 aromatic heterocycles. The van der Waals surface area contributed by atoms with Crippen LogP contribution in [0.1, 0.15) is 0 Å². The fourth-order valence-electron chi connectivity index (χ4n) is 3.54. The molecule has 172 valence electrons. The third-order valence-electron chi connectivity index (χ3n) is 5.21. The fraction of sp³-hybridized carbons (Fsp3) is 0.217. The van der Waals surface area contributed by atoms with Gasteiger partial charge in [0.25, 0.3) is 5.91 Å². The standard InChI is InChI=1S/C23H20F3N3O4/c24-17-10-15(29-12-16(33-23(29)32)11-27-22(31)21(25)26)6-7-18(17)28-19-9-14-4-2-1-3-13(14)5-8-20(19)30/h1-10,16,21,23,32H,11-12H2,(H,27,31)(H,28,30)/t16-,23?/m0/s1. The molecule has 1 saturated heterocycles. The van der Waals surface area contributed by atoms with Gasteiger partial charge in [-0.2, -0.15) is 8.78 Å². The molecule has 7 nitrogen and oxygen atoms in total. The van der Waals surface area contributed by atoms with Crippen LogP contribution in [0.25, 0.3) is 10.8 Å². The first-order valence-corrected chi connectivity index (χ1v) is 10.1. The highest BCUT2D eigenvalue weighted by Gasteiger charge is 2.32. The number of hydrogen-bond acceptors (Lipinski definition) is 6. The average molecular weight is 459 g/mol. The number of anilines is 3. The quantitative estimate of drug-likeness (QED) is 0.525. The smallest absolute Gasteiger partial charge is 0.315 e. The first-order valence-electron chi connectivity index (χ1n) is 10.1. The molecule has 0 radical (unpaired) electrons. The van der Waals surface area contributed by atoms with Crippen molar-refractivity contribution in [3.8, 4) is 0 Å². The van der Waals surface area contributed by atoms with Gasteiger partial charge in [-0.15, -0.1) is 0 Å². The highest BCUT2D eigenvalue weighted by atomic mass is 19.3. The SMILES string of the molecule is O=C(NC[C@H]1CN(c2ccc(Nc3cc4ccccc4ccc3=O)c(F)c2)C(O)O1)C(F)F. The zero-order valence-corrected chi connectivity index (χ0v) is 17.2. The zero-order valence-electron chi connectivity index (χ0n) is 17.2. The Labute approximate surface area is 186 Å². The molecule has 0 saturated carbocycles. The molecule has 3 N–H and O–H groups in total. The number of rotatable bonds is 6. The lowest BCUT2D eigenvalue weighted by Gasteiger charge is -2.21. The molecule has 1 aliphatic heterocycles. The van der Waals surface area contributed by atoms with E-state index in [9.17, 15) is 27.9 Å². The molecule has 1 amide bonds. The van der Waals surface area contributed by atoms with Crippen LogP contribution < -0.4 is 21.0 Å². The topological polar surface area (TPSA) is 90.9 Å². The molecule has 3 aromatic rings. The van der Waals surface area contributed by atoms with E-state index in [-0.39, 0.29) is 35.6 Å². The maximum absolute atomic E-state index is 14.8. The van der Waals surface area contributed by atoms with Crippen molar-refractivity contribution in [2.24, 2.45) is 0 Å². The maximum Gasteiger partial charge on any atom is 0.315 e. The molecule has 33 heavy (non-hydrogen) atoms. The van der Waals surface area contributed by atoms with Gasteiger partial charge >= 0.3 is 6.43 Å². The van der Waals surface area contributed by atoms with Crippen molar-refractivity contribution in [1.82, 2.24) is 5.32 Å². The van der Waals surface area contributed by atoms with Crippen molar-refractivity contribution in [3.05, 3.63) is 76.7 Å². The highest BCUT2D eigenvalue weighted by Crippen LogP contribution is 2.28. The number of carbonyl (C=O) groups is 1. The number of nitrogens with one attached hydrogen (secondary N) is 2. The van der Waals surface area contributed by atoms with E-state index in [1.165, 1.54) is 23.1 Å². The molecule has 10 heteroatoms. The van der Waals surface area contributed by atoms with Gasteiger partial charge in [0.15, 0.2) is 0 Å². The Morgan fingerprint density at radius 3 is 2.58 bits per heavy atom. The summed E-state index contributed by atoms with van der Waals surface area (Å²) in [7, 11) is 0. The van der Waals surface area contributed by atoms with Crippen LogP contribution in [0.4, 0.5) is 30.2 Å². The Balaban J connectivity index is 1.50. The molecular weight excluding hydrogens is 439 g/mol. The molecule has 2 atom stereocenters. The van der Waals surface area contributed by atoms with Crippen LogP contribution in [0, 0.1) is 5.82 Å². The van der Waals surface area contributed by atoms with Gasteiger partial charge in [-0.1, -0.05) is 30.3 Å². The number of amides is 1. The van der Waals surface area contributed by atoms with E-state index in [2.05, 4.69) is 5.32 Å². The van der Waals surface area contributed by atoms with Crippen LogP contribution in [0.15, 0.2) is 65.5 Å². The Kier molecular flexibility index (Phi) is 6.47. The molecule has 4 rings (SSSR count). The van der Waals surface area contributed by atoms with E-state index >= 15 is 0 Å². The summed E-state index contributed by atoms with van der Waals surface area (Å²) in [5.74, 6) is -2.11. The van der Waals surface area contributed by atoms with Crippen LogP contribution >= 0.6 is 0 Å². The third-order valence-corrected chi connectivity index (χ3v) is 5.21. The molecule has 3 aromatic carbocycles. The van der Waals surface area contributed by atoms with E-state index < -0.39 is 30.7 Å². The van der Waals surface area contributed by atoms with Crippen molar-refractivity contribution in [2.75, 3.05) is 23.3 Å². The number of benzene rings is 2. The maximum atomic E-state index is 14.8. The Bertz CT molecular complexity index is 1240. The number of aliphatic hydroxyl groups is 1. The monoisotopic (exact) mass is 459 g/mol. The van der Waals surface area contributed by atoms with Crippen LogP contribution in [-0.2, 0) is 9.53 Å². The van der Waals surface area contributed by atoms with E-state index in [0.717, 1.165) is 16.8 Å². The normalized spacial score (nSPS) is 18.0. The molecule has 1 aliphatic rings. The summed E-state index contributed by atoms with van der Waals surface area (Å²) in [6.07, 6.45) is -5.35. The Hall–Kier alpha value is -3.63. The Morgan fingerprint density at radius 1 is 1.09 bits per heavy atom. The van der Waals surface area contributed by atoms with Crippen molar-refractivity contribution < 1.29 is 27.8 Å². The second kappa shape index (κ2) is 9.47. The van der Waals surface area contributed by atoms with Gasteiger partial charge in [0, 0.05) is 12.2 Å². The minimum atomic E-state index is -3.15. The van der Waals surface area contributed by atoms with E-state index in [1.807, 2.05) is 29.6 Å². The summed E-state index contributed by atoms with van der Waals surface area (Å²) >= 11 is 0. The number of alkyl halides is 2. The molecule has 1 fully saturated rings. The minimum absolute atomic E-state index is 0.0438. The van der Waals surface area contributed by atoms with E-state index in [4.69, 9.17) is 4.74 Å². The first-order chi connectivity index (χ1) is 15.8. The first kappa shape index (κ1) is 22.6. The van der Waals surface area contributed by atoms with E-state index in [0.29, 0.717) is 0 Å². The number of carbonyl (C=O) groups excluding carboxylic acids is 1. The second-order valence-corrected chi connectivity index (χ2v) is 7.46. The molecule has 0 bridgehead atoms. The predicted molar refractivity (Wildman–Crippen MR) is 117 cm³/mol. The van der Waals surface area contributed by atoms with Gasteiger partial charge < -0.3 is 25.4 Å². The van der Waals surface area contributed by atoms with Gasteiger partial charge in [-0.05, 0) is 41.1 Å². The Morgan fingerprint density at radius 2 is 1.85 bits per heavy atom. The lowest BCUT2D eigenvalue weighted by atomic mass is 10.2. The molecule has 1 heterocycles. The van der Waals surface area contributed by atoms with Crippen molar-refractivity contribution >= 4 is 33.7 Å². The molecule has 1 unspecified atom stereocenters. The fourth-order valence-corrected chi connectivity index (χ4v) is 3.54. The lowest BCUT2D eigenvalue weighted by molar-refractivity contribution is -0.133. The van der Waals surface area contributed by atoms with Crippen LogP contribution in [0.5, 0.6) is 0 Å². The number of hydrogen-bond donors (Lipinski definition) is 3. The van der Waals surface area contributed by atoms with Crippen molar-refractivity contribution in [2.45, 2.75) is 18.9 Å². The van der Waals surface area contributed by atoms with Crippen LogP contribution in [0.3, 0.4) is 0 Å². The summed E-state index contributed by atoms with van der Waals surface area (Å²) in [5, 5.41) is 16.6. The van der Waals surface area contributed by atoms with Crippen LogP contribution in [-0.4, -0.2) is 43.0 Å². The molecule has 0 spiro atoms. The average Bonchev–Trinajstić information content (AvgIpc) is 3.09. The van der Waals surface area contributed by atoms with Gasteiger partial charge in [0.05, 0.1) is 24.0 Å². The second-order valence-electron chi connectivity index (χ2n) is 7.46. The van der Waals surface area contributed by atoms with Crippen LogP contribution in [0.2, 0.25) is 0 Å². The summed E-state index contributed by atoms with van der Waals surface area (Å²) in [6.45, 7) is -0.188. The van der Waals surface area contributed by atoms with Gasteiger partial charge in [0.2, 0.25) is 11.8 Å². The molecular formula is C23H20F3N3O4. The molecule has 0 aliphatic carbocycles. The van der Waals surface area contributed by atoms with E-state index in [1.54, 1.807) is 12.1 Å². The minimum Gasteiger partial charge on any atom is -0.351 e. The third kappa shape index (κ3) is 5.07. The number of nitrogens with zero attached hydrogens (tertiary/aromatic N) is 1. The van der Waals surface area contributed by atoms with Crippen molar-refractivity contribution in [1.29, 1.82) is 0 Å². The van der Waals surface area contributed by atoms with Gasteiger partial charge in [-0.25, -0.2) is 4.39 Å². The predicted octanol–water partition coefficient (Wildman–Crippen LogP) is 2.95. The number of ether oxygens (including phenoxy) is 1. The summed E-state index contributed by atoms with van der Waals surface area (Å²) in [6, 6.07) is 16.2. The van der Waals surface area contributed by atoms with Crippen molar-refractivity contribution in [3.63, 3.8) is 0 Å². The summed E-state index contributed by atoms with van der Waals surface area (Å²) < 4.78 is 44.7. The largest absolute Gasteiger partial charge is 0.351 e. The number of aliphatic hydroxyl groups excluding tert-OH is 1. The lowest BCUT2D eigenvalue weighted by Crippen LogP contribution is -2.37. The summed E-state index contributed by atoms with van der Waals surface area (Å²) in [4.78, 5) is 24.8. The summed E-state index contributed by atoms with van der Waals surface area (Å²) in [5.41, 5.74) is 0.218. The zero-order chi connectivity index (χ0) is 23.5.